The van der Waals surface area contributed by atoms with E-state index < -0.39 is 5.82 Å². The molecule has 7 heteroatoms. The average molecular weight is 406 g/mol. The summed E-state index contributed by atoms with van der Waals surface area (Å²) in [4.78, 5) is 30.5. The molecule has 0 saturated carbocycles. The Labute approximate surface area is 173 Å². The fourth-order valence-electron chi connectivity index (χ4n) is 3.79. The van der Waals surface area contributed by atoms with Gasteiger partial charge in [-0.15, -0.1) is 0 Å². The molecule has 30 heavy (non-hydrogen) atoms. The Morgan fingerprint density at radius 1 is 1.13 bits per heavy atom. The smallest absolute Gasteiger partial charge is 0.278 e. The van der Waals surface area contributed by atoms with Crippen molar-refractivity contribution in [2.45, 2.75) is 39.4 Å². The van der Waals surface area contributed by atoms with Gasteiger partial charge in [0, 0.05) is 11.4 Å². The average Bonchev–Trinajstić information content (AvgIpc) is 3.01. The molecule has 6 nitrogen and oxygen atoms in total. The number of hydrogen-bond acceptors (Lipinski definition) is 3. The minimum Gasteiger partial charge on any atom is -0.352 e. The predicted octanol–water partition coefficient (Wildman–Crippen LogP) is 3.62. The second kappa shape index (κ2) is 7.74. The van der Waals surface area contributed by atoms with Crippen molar-refractivity contribution in [2.24, 2.45) is 0 Å². The number of halogens is 1. The molecular weight excluding hydrogens is 383 g/mol. The van der Waals surface area contributed by atoms with E-state index in [1.807, 2.05) is 51.1 Å². The van der Waals surface area contributed by atoms with Crippen molar-refractivity contribution in [3.8, 4) is 0 Å². The molecule has 2 aromatic carbocycles. The molecule has 4 aromatic rings. The molecule has 0 aliphatic rings. The van der Waals surface area contributed by atoms with E-state index in [2.05, 4.69) is 10.3 Å². The van der Waals surface area contributed by atoms with E-state index in [1.54, 1.807) is 15.2 Å². The monoisotopic (exact) mass is 406 g/mol. The summed E-state index contributed by atoms with van der Waals surface area (Å²) in [7, 11) is 0. The molecule has 4 rings (SSSR count). The predicted molar refractivity (Wildman–Crippen MR) is 115 cm³/mol. The first-order valence-corrected chi connectivity index (χ1v) is 9.89. The maximum Gasteiger partial charge on any atom is 0.278 e. The van der Waals surface area contributed by atoms with Gasteiger partial charge in [0.25, 0.3) is 5.56 Å². The number of carbonyl (C=O) groups is 1. The largest absolute Gasteiger partial charge is 0.352 e. The van der Waals surface area contributed by atoms with Crippen molar-refractivity contribution >= 4 is 27.8 Å². The maximum atomic E-state index is 13.9. The third kappa shape index (κ3) is 3.47. The van der Waals surface area contributed by atoms with E-state index in [9.17, 15) is 14.0 Å². The van der Waals surface area contributed by atoms with Crippen molar-refractivity contribution < 1.29 is 9.18 Å². The van der Waals surface area contributed by atoms with Crippen molar-refractivity contribution in [1.82, 2.24) is 19.4 Å². The summed E-state index contributed by atoms with van der Waals surface area (Å²) in [5, 5.41) is 3.35. The Bertz CT molecular complexity index is 1290. The highest BCUT2D eigenvalue weighted by atomic mass is 19.1. The molecule has 0 radical (unpaired) electrons. The molecule has 0 spiro atoms. The van der Waals surface area contributed by atoms with Crippen molar-refractivity contribution in [3.05, 3.63) is 76.6 Å². The number of fused-ring (bicyclic) bond motifs is 3. The van der Waals surface area contributed by atoms with E-state index >= 15 is 0 Å². The van der Waals surface area contributed by atoms with E-state index in [4.69, 9.17) is 0 Å². The third-order valence-corrected chi connectivity index (χ3v) is 5.20. The highest BCUT2D eigenvalue weighted by Crippen LogP contribution is 2.27. The minimum absolute atomic E-state index is 0.0316. The van der Waals surface area contributed by atoms with Crippen LogP contribution in [0.3, 0.4) is 0 Å². The Morgan fingerprint density at radius 3 is 2.57 bits per heavy atom. The molecule has 0 aliphatic heterocycles. The zero-order chi connectivity index (χ0) is 21.4. The van der Waals surface area contributed by atoms with Gasteiger partial charge in [-0.1, -0.05) is 30.3 Å². The van der Waals surface area contributed by atoms with Crippen LogP contribution in [0.15, 0.2) is 59.7 Å². The number of hydrogen-bond donors (Lipinski definition) is 1. The molecular formula is C23H23FN4O2. The summed E-state index contributed by atoms with van der Waals surface area (Å²) >= 11 is 0. The zero-order valence-corrected chi connectivity index (χ0v) is 17.1. The van der Waals surface area contributed by atoms with E-state index in [0.717, 1.165) is 5.56 Å². The van der Waals surface area contributed by atoms with Crippen molar-refractivity contribution in [1.29, 1.82) is 0 Å². The van der Waals surface area contributed by atoms with Gasteiger partial charge in [0.15, 0.2) is 0 Å². The molecule has 0 fully saturated rings. The van der Waals surface area contributed by atoms with Crippen LogP contribution in [-0.2, 0) is 11.3 Å². The van der Waals surface area contributed by atoms with Crippen LogP contribution in [0.1, 0.15) is 32.4 Å². The number of carbonyl (C=O) groups excluding carboxylic acids is 1. The molecule has 1 amide bonds. The van der Waals surface area contributed by atoms with Gasteiger partial charge in [-0.2, -0.15) is 0 Å². The number of amides is 1. The lowest BCUT2D eigenvalue weighted by molar-refractivity contribution is -0.122. The highest BCUT2D eigenvalue weighted by molar-refractivity contribution is 6.06. The topological polar surface area (TPSA) is 68.9 Å². The Morgan fingerprint density at radius 2 is 1.87 bits per heavy atom. The first-order valence-electron chi connectivity index (χ1n) is 9.89. The summed E-state index contributed by atoms with van der Waals surface area (Å²) in [6.45, 7) is 5.61. The summed E-state index contributed by atoms with van der Waals surface area (Å²) in [6, 6.07) is 13.6. The number of nitrogens with zero attached hydrogens (tertiary/aromatic N) is 3. The second-order valence-electron chi connectivity index (χ2n) is 7.71. The molecule has 2 aromatic heterocycles. The van der Waals surface area contributed by atoms with Gasteiger partial charge in [0.1, 0.15) is 23.4 Å². The SMILES string of the molecule is CC(C)NC(=O)Cn1c2ccc(F)cc2c2ncn(C(C)c3ccccc3)c(=O)c21. The lowest BCUT2D eigenvalue weighted by atomic mass is 10.1. The third-order valence-electron chi connectivity index (χ3n) is 5.20. The van der Waals surface area contributed by atoms with Gasteiger partial charge >= 0.3 is 0 Å². The number of rotatable bonds is 5. The van der Waals surface area contributed by atoms with Gasteiger partial charge in [-0.05, 0) is 44.5 Å². The number of aromatic nitrogens is 3. The van der Waals surface area contributed by atoms with Crippen LogP contribution in [0.2, 0.25) is 0 Å². The second-order valence-corrected chi connectivity index (χ2v) is 7.71. The zero-order valence-electron chi connectivity index (χ0n) is 17.1. The summed E-state index contributed by atoms with van der Waals surface area (Å²) in [5.74, 6) is -0.643. The number of benzene rings is 2. The molecule has 1 N–H and O–H groups in total. The van der Waals surface area contributed by atoms with Crippen molar-refractivity contribution in [3.63, 3.8) is 0 Å². The normalized spacial score (nSPS) is 12.6. The van der Waals surface area contributed by atoms with Gasteiger partial charge in [0.2, 0.25) is 5.91 Å². The van der Waals surface area contributed by atoms with Crippen LogP contribution in [0, 0.1) is 5.82 Å². The van der Waals surface area contributed by atoms with Gasteiger partial charge in [-0.3, -0.25) is 14.2 Å². The molecule has 0 aliphatic carbocycles. The standard InChI is InChI=1S/C23H23FN4O2/c1-14(2)26-20(29)12-27-19-10-9-17(24)11-18(19)21-22(27)23(30)28(13-25-21)15(3)16-7-5-4-6-8-16/h4-11,13-15H,12H2,1-3H3,(H,26,29). The van der Waals surface area contributed by atoms with Crippen LogP contribution in [0.25, 0.3) is 21.9 Å². The highest BCUT2D eigenvalue weighted by Gasteiger charge is 2.21. The molecule has 0 saturated heterocycles. The Balaban J connectivity index is 1.95. The van der Waals surface area contributed by atoms with Gasteiger partial charge < -0.3 is 9.88 Å². The molecule has 2 heterocycles. The lowest BCUT2D eigenvalue weighted by Crippen LogP contribution is -2.34. The molecule has 0 bridgehead atoms. The first-order chi connectivity index (χ1) is 14.4. The summed E-state index contributed by atoms with van der Waals surface area (Å²) < 4.78 is 17.1. The van der Waals surface area contributed by atoms with Crippen LogP contribution >= 0.6 is 0 Å². The minimum atomic E-state index is -0.420. The van der Waals surface area contributed by atoms with Gasteiger partial charge in [0.05, 0.1) is 17.9 Å². The molecule has 154 valence electrons. The lowest BCUT2D eigenvalue weighted by Gasteiger charge is -2.16. The van der Waals surface area contributed by atoms with E-state index in [1.165, 1.54) is 18.5 Å². The molecule has 1 atom stereocenters. The van der Waals surface area contributed by atoms with Crippen LogP contribution in [0.4, 0.5) is 4.39 Å². The Kier molecular flexibility index (Phi) is 5.11. The fourth-order valence-corrected chi connectivity index (χ4v) is 3.79. The van der Waals surface area contributed by atoms with Crippen LogP contribution in [-0.4, -0.2) is 26.1 Å². The number of nitrogens with one attached hydrogen (secondary N) is 1. The molecule has 1 unspecified atom stereocenters. The summed E-state index contributed by atoms with van der Waals surface area (Å²) in [5.41, 5.74) is 1.97. The van der Waals surface area contributed by atoms with Gasteiger partial charge in [-0.25, -0.2) is 9.37 Å². The Hall–Kier alpha value is -3.48. The quantitative estimate of drug-likeness (QED) is 0.550. The van der Waals surface area contributed by atoms with Crippen LogP contribution in [0.5, 0.6) is 0 Å². The van der Waals surface area contributed by atoms with Crippen LogP contribution < -0.4 is 10.9 Å². The maximum absolute atomic E-state index is 13.9. The first kappa shape index (κ1) is 19.8. The van der Waals surface area contributed by atoms with E-state index in [-0.39, 0.29) is 30.1 Å². The van der Waals surface area contributed by atoms with Crippen molar-refractivity contribution in [2.75, 3.05) is 0 Å². The van der Waals surface area contributed by atoms with E-state index in [0.29, 0.717) is 21.9 Å². The summed E-state index contributed by atoms with van der Waals surface area (Å²) in [6.07, 6.45) is 1.49. The fraction of sp³-hybridized carbons (Fsp3) is 0.261.